The van der Waals surface area contributed by atoms with E-state index in [0.717, 1.165) is 12.1 Å². The van der Waals surface area contributed by atoms with Crippen molar-refractivity contribution in [3.63, 3.8) is 0 Å². The number of esters is 1. The first-order valence-corrected chi connectivity index (χ1v) is 7.46. The summed E-state index contributed by atoms with van der Waals surface area (Å²) in [6.45, 7) is -0.549. The SMILES string of the molecule is COc1ccc(OC)c(C(=O)OCC(=O)Nc2ccc(F)cc2Cl)c1. The van der Waals surface area contributed by atoms with Crippen LogP contribution < -0.4 is 14.8 Å². The summed E-state index contributed by atoms with van der Waals surface area (Å²) in [6, 6.07) is 8.13. The van der Waals surface area contributed by atoms with Crippen LogP contribution in [0.5, 0.6) is 11.5 Å². The molecule has 0 aliphatic carbocycles. The van der Waals surface area contributed by atoms with Gasteiger partial charge in [0.2, 0.25) is 0 Å². The van der Waals surface area contributed by atoms with Gasteiger partial charge in [0.1, 0.15) is 22.9 Å². The Morgan fingerprint density at radius 1 is 1.12 bits per heavy atom. The smallest absolute Gasteiger partial charge is 0.342 e. The van der Waals surface area contributed by atoms with E-state index in [1.807, 2.05) is 0 Å². The van der Waals surface area contributed by atoms with Crippen LogP contribution in [-0.4, -0.2) is 32.7 Å². The molecule has 1 amide bonds. The fraction of sp³-hybridized carbons (Fsp3) is 0.176. The molecular formula is C17H15ClFNO5. The van der Waals surface area contributed by atoms with Crippen LogP contribution in [0.3, 0.4) is 0 Å². The molecule has 1 N–H and O–H groups in total. The van der Waals surface area contributed by atoms with Gasteiger partial charge in [-0.05, 0) is 36.4 Å². The zero-order valence-corrected chi connectivity index (χ0v) is 14.2. The second-order valence-corrected chi connectivity index (χ2v) is 5.22. The number of halogens is 2. The number of carbonyl (C=O) groups is 2. The monoisotopic (exact) mass is 367 g/mol. The number of methoxy groups -OCH3 is 2. The van der Waals surface area contributed by atoms with Gasteiger partial charge < -0.3 is 19.5 Å². The van der Waals surface area contributed by atoms with Gasteiger partial charge in [-0.25, -0.2) is 9.18 Å². The van der Waals surface area contributed by atoms with Crippen molar-refractivity contribution in [2.24, 2.45) is 0 Å². The number of amides is 1. The summed E-state index contributed by atoms with van der Waals surface area (Å²) in [4.78, 5) is 24.0. The molecule has 2 aromatic rings. The van der Waals surface area contributed by atoms with Gasteiger partial charge in [0.05, 0.1) is 24.9 Å². The highest BCUT2D eigenvalue weighted by molar-refractivity contribution is 6.33. The number of rotatable bonds is 6. The molecule has 6 nitrogen and oxygen atoms in total. The second-order valence-electron chi connectivity index (χ2n) is 4.81. The quantitative estimate of drug-likeness (QED) is 0.793. The molecule has 2 rings (SSSR count). The summed E-state index contributed by atoms with van der Waals surface area (Å²) in [6.07, 6.45) is 0. The van der Waals surface area contributed by atoms with Gasteiger partial charge in [-0.15, -0.1) is 0 Å². The van der Waals surface area contributed by atoms with E-state index >= 15 is 0 Å². The fourth-order valence-electron chi connectivity index (χ4n) is 1.96. The molecule has 0 radical (unpaired) electrons. The summed E-state index contributed by atoms with van der Waals surface area (Å²) < 4.78 is 28.1. The van der Waals surface area contributed by atoms with Gasteiger partial charge in [0, 0.05) is 0 Å². The zero-order chi connectivity index (χ0) is 18.4. The maximum Gasteiger partial charge on any atom is 0.342 e. The molecule has 0 aliphatic heterocycles. The minimum absolute atomic E-state index is 0.0362. The summed E-state index contributed by atoms with van der Waals surface area (Å²) in [5.74, 6) is -1.18. The Bertz CT molecular complexity index is 797. The Hall–Kier alpha value is -2.80. The maximum atomic E-state index is 13.0. The van der Waals surface area contributed by atoms with E-state index in [0.29, 0.717) is 5.75 Å². The third-order valence-electron chi connectivity index (χ3n) is 3.17. The molecule has 0 saturated carbocycles. The van der Waals surface area contributed by atoms with Crippen LogP contribution in [0.1, 0.15) is 10.4 Å². The molecule has 0 aromatic heterocycles. The predicted molar refractivity (Wildman–Crippen MR) is 89.9 cm³/mol. The zero-order valence-electron chi connectivity index (χ0n) is 13.5. The van der Waals surface area contributed by atoms with Crippen molar-refractivity contribution in [3.05, 3.63) is 52.8 Å². The van der Waals surface area contributed by atoms with Crippen molar-refractivity contribution in [3.8, 4) is 11.5 Å². The molecule has 0 unspecified atom stereocenters. The van der Waals surface area contributed by atoms with Gasteiger partial charge >= 0.3 is 5.97 Å². The molecule has 132 valence electrons. The van der Waals surface area contributed by atoms with Crippen molar-refractivity contribution >= 4 is 29.2 Å². The second kappa shape index (κ2) is 8.34. The Labute approximate surface area is 148 Å². The van der Waals surface area contributed by atoms with Gasteiger partial charge in [-0.3, -0.25) is 4.79 Å². The molecule has 0 heterocycles. The molecular weight excluding hydrogens is 353 g/mol. The minimum atomic E-state index is -0.754. The summed E-state index contributed by atoms with van der Waals surface area (Å²) in [5, 5.41) is 2.46. The first kappa shape index (κ1) is 18.5. The van der Waals surface area contributed by atoms with Gasteiger partial charge in [-0.1, -0.05) is 11.6 Å². The first-order valence-electron chi connectivity index (χ1n) is 7.08. The predicted octanol–water partition coefficient (Wildman–Crippen LogP) is 3.29. The third-order valence-corrected chi connectivity index (χ3v) is 3.48. The molecule has 25 heavy (non-hydrogen) atoms. The highest BCUT2D eigenvalue weighted by Crippen LogP contribution is 2.25. The van der Waals surface area contributed by atoms with E-state index < -0.39 is 24.3 Å². The van der Waals surface area contributed by atoms with Gasteiger partial charge in [-0.2, -0.15) is 0 Å². The molecule has 8 heteroatoms. The standard InChI is InChI=1S/C17H15ClFNO5/c1-23-11-4-6-15(24-2)12(8-11)17(22)25-9-16(21)20-14-5-3-10(19)7-13(14)18/h3-8H,9H2,1-2H3,(H,20,21). The van der Waals surface area contributed by atoms with Crippen LogP contribution in [0.2, 0.25) is 5.02 Å². The molecule has 0 bridgehead atoms. The van der Waals surface area contributed by atoms with E-state index in [2.05, 4.69) is 5.32 Å². The van der Waals surface area contributed by atoms with Crippen LogP contribution in [0.4, 0.5) is 10.1 Å². The molecule has 0 fully saturated rings. The summed E-state index contributed by atoms with van der Waals surface area (Å²) >= 11 is 5.81. The lowest BCUT2D eigenvalue weighted by atomic mass is 10.2. The molecule has 0 atom stereocenters. The Morgan fingerprint density at radius 3 is 2.52 bits per heavy atom. The fourth-order valence-corrected chi connectivity index (χ4v) is 2.17. The highest BCUT2D eigenvalue weighted by Gasteiger charge is 2.17. The van der Waals surface area contributed by atoms with Crippen molar-refractivity contribution in [2.45, 2.75) is 0 Å². The molecule has 2 aromatic carbocycles. The van der Waals surface area contributed by atoms with E-state index in [1.165, 1.54) is 26.4 Å². The van der Waals surface area contributed by atoms with Crippen molar-refractivity contribution in [2.75, 3.05) is 26.1 Å². The Morgan fingerprint density at radius 2 is 1.88 bits per heavy atom. The Kier molecular flexibility index (Phi) is 6.19. The van der Waals surface area contributed by atoms with Crippen molar-refractivity contribution in [1.29, 1.82) is 0 Å². The Balaban J connectivity index is 2.00. The number of anilines is 1. The van der Waals surface area contributed by atoms with Crippen LogP contribution in [0.25, 0.3) is 0 Å². The van der Waals surface area contributed by atoms with Gasteiger partial charge in [0.25, 0.3) is 5.91 Å². The van der Waals surface area contributed by atoms with E-state index in [1.54, 1.807) is 12.1 Å². The molecule has 0 saturated heterocycles. The maximum absolute atomic E-state index is 13.0. The van der Waals surface area contributed by atoms with Crippen LogP contribution >= 0.6 is 11.6 Å². The number of hydrogen-bond donors (Lipinski definition) is 1. The van der Waals surface area contributed by atoms with E-state index in [4.69, 9.17) is 25.8 Å². The number of benzene rings is 2. The summed E-state index contributed by atoms with van der Waals surface area (Å²) in [7, 11) is 2.86. The normalized spacial score (nSPS) is 10.1. The minimum Gasteiger partial charge on any atom is -0.497 e. The third kappa shape index (κ3) is 4.84. The lowest BCUT2D eigenvalue weighted by Gasteiger charge is -2.11. The topological polar surface area (TPSA) is 73.9 Å². The number of nitrogens with one attached hydrogen (secondary N) is 1. The van der Waals surface area contributed by atoms with Crippen LogP contribution in [0.15, 0.2) is 36.4 Å². The van der Waals surface area contributed by atoms with Crippen LogP contribution in [-0.2, 0) is 9.53 Å². The average molecular weight is 368 g/mol. The van der Waals surface area contributed by atoms with Crippen LogP contribution in [0, 0.1) is 5.82 Å². The van der Waals surface area contributed by atoms with Crippen molar-refractivity contribution < 1.29 is 28.2 Å². The van der Waals surface area contributed by atoms with E-state index in [-0.39, 0.29) is 22.0 Å². The summed E-state index contributed by atoms with van der Waals surface area (Å²) in [5.41, 5.74) is 0.331. The van der Waals surface area contributed by atoms with E-state index in [9.17, 15) is 14.0 Å². The highest BCUT2D eigenvalue weighted by atomic mass is 35.5. The number of hydrogen-bond acceptors (Lipinski definition) is 5. The molecule has 0 aliphatic rings. The number of ether oxygens (including phenoxy) is 3. The van der Waals surface area contributed by atoms with Crippen molar-refractivity contribution in [1.82, 2.24) is 0 Å². The average Bonchev–Trinajstić information content (AvgIpc) is 2.61. The molecule has 0 spiro atoms. The lowest BCUT2D eigenvalue weighted by Crippen LogP contribution is -2.21. The van der Waals surface area contributed by atoms with Gasteiger partial charge in [0.15, 0.2) is 6.61 Å². The lowest BCUT2D eigenvalue weighted by molar-refractivity contribution is -0.119. The largest absolute Gasteiger partial charge is 0.497 e. The number of carbonyl (C=O) groups excluding carboxylic acids is 2. The first-order chi connectivity index (χ1) is 11.9.